The number of hydrogen-bond donors (Lipinski definition) is 3. The molecule has 2 saturated heterocycles. The Morgan fingerprint density at radius 3 is 2.61 bits per heavy atom. The van der Waals surface area contributed by atoms with E-state index in [0.717, 1.165) is 17.5 Å². The van der Waals surface area contributed by atoms with Gasteiger partial charge in [0.25, 0.3) is 0 Å². The van der Waals surface area contributed by atoms with E-state index >= 15 is 0 Å². The molecule has 10 heteroatoms. The molecule has 0 aliphatic carbocycles. The number of H-pyrrole nitrogens is 1. The van der Waals surface area contributed by atoms with Gasteiger partial charge in [-0.2, -0.15) is 0 Å². The van der Waals surface area contributed by atoms with Crippen molar-refractivity contribution in [2.75, 3.05) is 19.6 Å². The predicted octanol–water partition coefficient (Wildman–Crippen LogP) is 1.53. The first kappa shape index (κ1) is 21.2. The van der Waals surface area contributed by atoms with Crippen LogP contribution in [0.5, 0.6) is 0 Å². The van der Waals surface area contributed by atoms with Crippen LogP contribution >= 0.6 is 0 Å². The summed E-state index contributed by atoms with van der Waals surface area (Å²) in [6, 6.07) is 6.84. The lowest BCUT2D eigenvalue weighted by Crippen LogP contribution is -2.52. The molecule has 2 fully saturated rings. The molecule has 5 heterocycles. The molecule has 3 N–H and O–H groups in total. The Hall–Kier alpha value is -3.69. The van der Waals surface area contributed by atoms with Crippen molar-refractivity contribution >= 4 is 23.1 Å². The van der Waals surface area contributed by atoms with Crippen molar-refractivity contribution in [3.05, 3.63) is 58.9 Å². The van der Waals surface area contributed by atoms with Gasteiger partial charge >= 0.3 is 11.7 Å². The van der Waals surface area contributed by atoms with Crippen LogP contribution in [0.1, 0.15) is 43.2 Å². The zero-order chi connectivity index (χ0) is 22.8. The number of hydrogen-bond acceptors (Lipinski definition) is 5. The lowest BCUT2D eigenvalue weighted by Gasteiger charge is -2.33. The van der Waals surface area contributed by atoms with Crippen molar-refractivity contribution in [1.82, 2.24) is 35.1 Å². The van der Waals surface area contributed by atoms with Crippen molar-refractivity contribution in [2.45, 2.75) is 43.7 Å². The number of aromatic amines is 1. The maximum absolute atomic E-state index is 12.9. The molecule has 0 radical (unpaired) electrons. The molecule has 0 spiro atoms. The van der Waals surface area contributed by atoms with E-state index in [1.54, 1.807) is 28.1 Å². The molecule has 0 saturated carbocycles. The smallest absolute Gasteiger partial charge is 0.327 e. The highest BCUT2D eigenvalue weighted by atomic mass is 16.2. The first-order chi connectivity index (χ1) is 16.1. The number of aromatic nitrogens is 4. The van der Waals surface area contributed by atoms with Crippen molar-refractivity contribution in [3.8, 4) is 0 Å². The summed E-state index contributed by atoms with van der Waals surface area (Å²) in [7, 11) is 0. The Labute approximate surface area is 190 Å². The van der Waals surface area contributed by atoms with E-state index < -0.39 is 6.04 Å². The zero-order valence-corrected chi connectivity index (χ0v) is 18.2. The maximum Gasteiger partial charge on any atom is 0.327 e. The van der Waals surface area contributed by atoms with E-state index in [9.17, 15) is 14.4 Å². The van der Waals surface area contributed by atoms with Crippen LogP contribution in [0.25, 0.3) is 11.2 Å². The van der Waals surface area contributed by atoms with Gasteiger partial charge in [-0.15, -0.1) is 0 Å². The predicted molar refractivity (Wildman–Crippen MR) is 122 cm³/mol. The average Bonchev–Trinajstić information content (AvgIpc) is 3.08. The topological polar surface area (TPSA) is 125 Å². The van der Waals surface area contributed by atoms with Crippen LogP contribution in [0.15, 0.2) is 47.7 Å². The summed E-state index contributed by atoms with van der Waals surface area (Å²) >= 11 is 0. The number of imidazole rings is 1. The number of piperidine rings is 1. The number of rotatable bonds is 3. The molecule has 3 aromatic heterocycles. The summed E-state index contributed by atoms with van der Waals surface area (Å²) in [5, 5.41) is 5.88. The Morgan fingerprint density at radius 1 is 1.03 bits per heavy atom. The molecular weight excluding hydrogens is 422 g/mol. The Bertz CT molecular complexity index is 1200. The van der Waals surface area contributed by atoms with Crippen LogP contribution in [-0.4, -0.2) is 62.0 Å². The summed E-state index contributed by atoms with van der Waals surface area (Å²) in [5.74, 6) is 0.0613. The Kier molecular flexibility index (Phi) is 5.80. The molecule has 3 aromatic rings. The van der Waals surface area contributed by atoms with Gasteiger partial charge in [0.1, 0.15) is 6.04 Å². The maximum atomic E-state index is 12.9. The number of amides is 3. The first-order valence-electron chi connectivity index (χ1n) is 11.4. The second-order valence-electron chi connectivity index (χ2n) is 8.69. The van der Waals surface area contributed by atoms with Gasteiger partial charge in [0.2, 0.25) is 5.91 Å². The average molecular weight is 450 g/mol. The second kappa shape index (κ2) is 9.05. The lowest BCUT2D eigenvalue weighted by molar-refractivity contribution is -0.122. The van der Waals surface area contributed by atoms with Gasteiger partial charge in [0.05, 0.1) is 5.52 Å². The minimum atomic E-state index is -0.552. The van der Waals surface area contributed by atoms with Gasteiger partial charge in [-0.25, -0.2) is 14.6 Å². The Balaban J connectivity index is 1.19. The van der Waals surface area contributed by atoms with Crippen LogP contribution < -0.4 is 16.3 Å². The van der Waals surface area contributed by atoms with Gasteiger partial charge in [0.15, 0.2) is 5.65 Å². The highest BCUT2D eigenvalue weighted by molar-refractivity contribution is 5.87. The number of urea groups is 1. The fraction of sp³-hybridized carbons (Fsp3) is 0.435. The third-order valence-electron chi connectivity index (χ3n) is 6.73. The molecule has 0 bridgehead atoms. The molecule has 2 unspecified atom stereocenters. The van der Waals surface area contributed by atoms with E-state index in [1.807, 2.05) is 24.3 Å². The first-order valence-corrected chi connectivity index (χ1v) is 11.4. The van der Waals surface area contributed by atoms with Crippen LogP contribution in [0.4, 0.5) is 4.79 Å². The highest BCUT2D eigenvalue weighted by Crippen LogP contribution is 2.25. The van der Waals surface area contributed by atoms with Crippen LogP contribution in [0.3, 0.4) is 0 Å². The lowest BCUT2D eigenvalue weighted by atomic mass is 9.94. The summed E-state index contributed by atoms with van der Waals surface area (Å²) in [6.07, 6.45) is 7.87. The molecule has 172 valence electrons. The minimum Gasteiger partial charge on any atom is -0.354 e. The molecule has 3 amide bonds. The molecule has 33 heavy (non-hydrogen) atoms. The number of nitrogens with one attached hydrogen (secondary N) is 3. The summed E-state index contributed by atoms with van der Waals surface area (Å²) in [5.41, 5.74) is 2.32. The van der Waals surface area contributed by atoms with E-state index in [1.165, 1.54) is 0 Å². The van der Waals surface area contributed by atoms with E-state index in [4.69, 9.17) is 0 Å². The van der Waals surface area contributed by atoms with Gasteiger partial charge < -0.3 is 15.5 Å². The zero-order valence-electron chi connectivity index (χ0n) is 18.2. The molecule has 2 atom stereocenters. The van der Waals surface area contributed by atoms with Crippen LogP contribution in [-0.2, 0) is 4.79 Å². The van der Waals surface area contributed by atoms with Crippen molar-refractivity contribution in [1.29, 1.82) is 0 Å². The van der Waals surface area contributed by atoms with Crippen molar-refractivity contribution in [3.63, 3.8) is 0 Å². The molecule has 10 nitrogen and oxygen atoms in total. The standard InChI is InChI=1S/C23H27N7O3/c31-21-18(4-3-16(14-26-21)15-5-10-24-11-6-15)27-22(32)29-12-7-17(8-13-29)30-19-2-1-9-25-20(19)28-23(30)33/h1-2,5-6,9-11,16-18H,3-4,7-8,12-14H2,(H,26,31)(H,27,32)(H,25,28,33). The normalized spacial score (nSPS) is 22.1. The summed E-state index contributed by atoms with van der Waals surface area (Å²) < 4.78 is 1.75. The third-order valence-corrected chi connectivity index (χ3v) is 6.73. The molecule has 0 aromatic carbocycles. The van der Waals surface area contributed by atoms with Gasteiger partial charge in [-0.3, -0.25) is 19.3 Å². The van der Waals surface area contributed by atoms with Gasteiger partial charge in [0, 0.05) is 50.2 Å². The molecular formula is C23H27N7O3. The summed E-state index contributed by atoms with van der Waals surface area (Å²) in [6.45, 7) is 1.59. The number of pyridine rings is 2. The van der Waals surface area contributed by atoms with E-state index in [-0.39, 0.29) is 29.6 Å². The van der Waals surface area contributed by atoms with E-state index in [2.05, 4.69) is 25.6 Å². The number of nitrogens with zero attached hydrogens (tertiary/aromatic N) is 4. The Morgan fingerprint density at radius 2 is 1.82 bits per heavy atom. The summed E-state index contributed by atoms with van der Waals surface area (Å²) in [4.78, 5) is 50.7. The van der Waals surface area contributed by atoms with Crippen LogP contribution in [0.2, 0.25) is 0 Å². The third kappa shape index (κ3) is 4.33. The fourth-order valence-electron chi connectivity index (χ4n) is 4.89. The number of likely N-dealkylation sites (tertiary alicyclic amines) is 1. The van der Waals surface area contributed by atoms with Gasteiger partial charge in [-0.1, -0.05) is 0 Å². The minimum absolute atomic E-state index is 0.00167. The fourth-order valence-corrected chi connectivity index (χ4v) is 4.89. The van der Waals surface area contributed by atoms with Gasteiger partial charge in [-0.05, 0) is 55.5 Å². The second-order valence-corrected chi connectivity index (χ2v) is 8.69. The molecule has 2 aliphatic heterocycles. The van der Waals surface area contributed by atoms with Crippen LogP contribution in [0, 0.1) is 0 Å². The van der Waals surface area contributed by atoms with Crippen molar-refractivity contribution in [2.24, 2.45) is 0 Å². The SMILES string of the molecule is O=C1NCC(c2ccncc2)CCC1NC(=O)N1CCC(n2c(=O)[nH]c3ncccc32)CC1. The quantitative estimate of drug-likeness (QED) is 0.559. The largest absolute Gasteiger partial charge is 0.354 e. The van der Waals surface area contributed by atoms with Crippen molar-refractivity contribution < 1.29 is 9.59 Å². The molecule has 2 aliphatic rings. The number of fused-ring (bicyclic) bond motifs is 1. The highest BCUT2D eigenvalue weighted by Gasteiger charge is 2.31. The monoisotopic (exact) mass is 449 g/mol. The molecule has 5 rings (SSSR count). The van der Waals surface area contributed by atoms with E-state index in [0.29, 0.717) is 44.5 Å². The number of carbonyl (C=O) groups excluding carboxylic acids is 2. The number of carbonyl (C=O) groups is 2.